The zero-order chi connectivity index (χ0) is 13.9. The Labute approximate surface area is 125 Å². The topological polar surface area (TPSA) is 49.4 Å². The van der Waals surface area contributed by atoms with Gasteiger partial charge in [0.2, 0.25) is 11.8 Å². The van der Waals surface area contributed by atoms with Crippen molar-refractivity contribution in [2.75, 3.05) is 18.1 Å². The van der Waals surface area contributed by atoms with Gasteiger partial charge in [0, 0.05) is 6.04 Å². The van der Waals surface area contributed by atoms with Gasteiger partial charge in [0.05, 0.1) is 6.54 Å². The second kappa shape index (κ2) is 6.37. The molecule has 1 aliphatic carbocycles. The highest BCUT2D eigenvalue weighted by atomic mass is 32.2. The van der Waals surface area contributed by atoms with Crippen molar-refractivity contribution < 1.29 is 9.59 Å². The molecule has 0 aromatic heterocycles. The molecule has 0 radical (unpaired) electrons. The summed E-state index contributed by atoms with van der Waals surface area (Å²) in [6, 6.07) is 0.0482. The molecule has 1 saturated carbocycles. The molecule has 2 saturated heterocycles. The van der Waals surface area contributed by atoms with Crippen molar-refractivity contribution >= 4 is 23.6 Å². The van der Waals surface area contributed by atoms with Crippen LogP contribution in [0.1, 0.15) is 44.9 Å². The first-order chi connectivity index (χ1) is 9.75. The van der Waals surface area contributed by atoms with Crippen LogP contribution < -0.4 is 5.32 Å². The minimum absolute atomic E-state index is 0.0402. The quantitative estimate of drug-likeness (QED) is 0.845. The molecule has 2 heterocycles. The van der Waals surface area contributed by atoms with E-state index in [1.165, 1.54) is 19.3 Å². The third-order valence-corrected chi connectivity index (χ3v) is 5.98. The van der Waals surface area contributed by atoms with Crippen LogP contribution in [0.3, 0.4) is 0 Å². The first kappa shape index (κ1) is 14.2. The molecular weight excluding hydrogens is 272 g/mol. The molecule has 4 nitrogen and oxygen atoms in total. The molecule has 5 heteroatoms. The number of nitrogens with zero attached hydrogens (tertiary/aromatic N) is 1. The van der Waals surface area contributed by atoms with E-state index in [1.807, 2.05) is 16.7 Å². The largest absolute Gasteiger partial charge is 0.342 e. The lowest BCUT2D eigenvalue weighted by molar-refractivity contribution is -0.148. The molecule has 20 heavy (non-hydrogen) atoms. The van der Waals surface area contributed by atoms with E-state index >= 15 is 0 Å². The van der Waals surface area contributed by atoms with E-state index in [-0.39, 0.29) is 24.4 Å². The minimum Gasteiger partial charge on any atom is -0.342 e. The van der Waals surface area contributed by atoms with E-state index in [0.29, 0.717) is 12.0 Å². The van der Waals surface area contributed by atoms with E-state index in [9.17, 15) is 9.59 Å². The fraction of sp³-hybridized carbons (Fsp3) is 0.867. The second-order valence-corrected chi connectivity index (χ2v) is 7.48. The van der Waals surface area contributed by atoms with E-state index in [0.717, 1.165) is 37.2 Å². The van der Waals surface area contributed by atoms with Gasteiger partial charge in [0.25, 0.3) is 0 Å². The Kier molecular flexibility index (Phi) is 4.54. The maximum atomic E-state index is 12.8. The van der Waals surface area contributed by atoms with Gasteiger partial charge >= 0.3 is 0 Å². The van der Waals surface area contributed by atoms with Crippen LogP contribution in [0.15, 0.2) is 0 Å². The number of hydrogen-bond acceptors (Lipinski definition) is 3. The molecule has 1 N–H and O–H groups in total. The number of piperazine rings is 1. The molecule has 3 fully saturated rings. The standard InChI is InChI=1S/C15H24N2O2S/c18-13-10-17(12-6-8-20-9-7-12)15(19)14(16-13)11-4-2-1-3-5-11/h11-12,14H,1-10H2,(H,16,18). The van der Waals surface area contributed by atoms with Gasteiger partial charge in [-0.15, -0.1) is 0 Å². The van der Waals surface area contributed by atoms with Crippen LogP contribution in [0.25, 0.3) is 0 Å². The van der Waals surface area contributed by atoms with Crippen LogP contribution in [0.5, 0.6) is 0 Å². The van der Waals surface area contributed by atoms with Crippen molar-refractivity contribution in [1.29, 1.82) is 0 Å². The summed E-state index contributed by atoms with van der Waals surface area (Å²) in [6.07, 6.45) is 7.93. The summed E-state index contributed by atoms with van der Waals surface area (Å²) in [6.45, 7) is 0.275. The van der Waals surface area contributed by atoms with Gasteiger partial charge in [0.1, 0.15) is 6.04 Å². The molecule has 112 valence electrons. The number of hydrogen-bond donors (Lipinski definition) is 1. The highest BCUT2D eigenvalue weighted by molar-refractivity contribution is 7.99. The average molecular weight is 296 g/mol. The van der Waals surface area contributed by atoms with E-state index in [4.69, 9.17) is 0 Å². The molecule has 1 unspecified atom stereocenters. The molecule has 2 aliphatic heterocycles. The van der Waals surface area contributed by atoms with Crippen LogP contribution in [0, 0.1) is 5.92 Å². The van der Waals surface area contributed by atoms with Gasteiger partial charge in [0.15, 0.2) is 0 Å². The second-order valence-electron chi connectivity index (χ2n) is 6.25. The lowest BCUT2D eigenvalue weighted by Gasteiger charge is -2.42. The van der Waals surface area contributed by atoms with Crippen molar-refractivity contribution in [1.82, 2.24) is 10.2 Å². The lowest BCUT2D eigenvalue weighted by Crippen LogP contribution is -2.63. The molecule has 3 aliphatic rings. The van der Waals surface area contributed by atoms with Gasteiger partial charge in [-0.1, -0.05) is 19.3 Å². The fourth-order valence-electron chi connectivity index (χ4n) is 3.78. The summed E-state index contributed by atoms with van der Waals surface area (Å²) in [5.74, 6) is 2.82. The maximum Gasteiger partial charge on any atom is 0.246 e. The predicted octanol–water partition coefficient (Wildman–Crippen LogP) is 1.79. The molecule has 0 aromatic carbocycles. The van der Waals surface area contributed by atoms with Crippen molar-refractivity contribution in [3.8, 4) is 0 Å². The first-order valence-electron chi connectivity index (χ1n) is 7.93. The predicted molar refractivity (Wildman–Crippen MR) is 80.6 cm³/mol. The lowest BCUT2D eigenvalue weighted by atomic mass is 9.82. The minimum atomic E-state index is -0.244. The summed E-state index contributed by atoms with van der Waals surface area (Å²) < 4.78 is 0. The van der Waals surface area contributed by atoms with Gasteiger partial charge < -0.3 is 10.2 Å². The van der Waals surface area contributed by atoms with E-state index in [2.05, 4.69) is 5.32 Å². The Morgan fingerprint density at radius 2 is 1.70 bits per heavy atom. The van der Waals surface area contributed by atoms with Crippen LogP contribution in [0.4, 0.5) is 0 Å². The van der Waals surface area contributed by atoms with Crippen molar-refractivity contribution in [3.63, 3.8) is 0 Å². The summed E-state index contributed by atoms with van der Waals surface area (Å²) in [5, 5.41) is 2.97. The monoisotopic (exact) mass is 296 g/mol. The van der Waals surface area contributed by atoms with Gasteiger partial charge in [-0.25, -0.2) is 0 Å². The summed E-state index contributed by atoms with van der Waals surface area (Å²) in [7, 11) is 0. The maximum absolute atomic E-state index is 12.8. The van der Waals surface area contributed by atoms with E-state index in [1.54, 1.807) is 0 Å². The number of thioether (sulfide) groups is 1. The Bertz CT molecular complexity index is 344. The van der Waals surface area contributed by atoms with Crippen molar-refractivity contribution in [2.45, 2.75) is 57.0 Å². The van der Waals surface area contributed by atoms with Gasteiger partial charge in [-0.2, -0.15) is 11.8 Å². The number of amides is 2. The van der Waals surface area contributed by atoms with Crippen LogP contribution in [-0.2, 0) is 9.59 Å². The normalized spacial score (nSPS) is 30.4. The van der Waals surface area contributed by atoms with Crippen molar-refractivity contribution in [3.05, 3.63) is 0 Å². The molecule has 3 rings (SSSR count). The smallest absolute Gasteiger partial charge is 0.246 e. The Morgan fingerprint density at radius 1 is 1.00 bits per heavy atom. The molecule has 0 spiro atoms. The Balaban J connectivity index is 1.71. The Hall–Kier alpha value is -0.710. The molecule has 0 aromatic rings. The van der Waals surface area contributed by atoms with Crippen LogP contribution in [-0.4, -0.2) is 46.8 Å². The van der Waals surface area contributed by atoms with Gasteiger partial charge in [-0.05, 0) is 43.1 Å². The highest BCUT2D eigenvalue weighted by Gasteiger charge is 2.40. The molecule has 1 atom stereocenters. The third kappa shape index (κ3) is 2.97. The third-order valence-electron chi connectivity index (χ3n) is 4.93. The van der Waals surface area contributed by atoms with Crippen LogP contribution in [0.2, 0.25) is 0 Å². The average Bonchev–Trinajstić information content (AvgIpc) is 2.51. The summed E-state index contributed by atoms with van der Waals surface area (Å²) >= 11 is 1.96. The zero-order valence-corrected chi connectivity index (χ0v) is 12.8. The number of carbonyl (C=O) groups excluding carboxylic acids is 2. The first-order valence-corrected chi connectivity index (χ1v) is 9.09. The SMILES string of the molecule is O=C1CN(C2CCSCC2)C(=O)C(C2CCCCC2)N1. The number of rotatable bonds is 2. The van der Waals surface area contributed by atoms with Crippen LogP contribution >= 0.6 is 11.8 Å². The fourth-order valence-corrected chi connectivity index (χ4v) is 4.87. The van der Waals surface area contributed by atoms with Crippen molar-refractivity contribution in [2.24, 2.45) is 5.92 Å². The number of carbonyl (C=O) groups is 2. The van der Waals surface area contributed by atoms with Gasteiger partial charge in [-0.3, -0.25) is 9.59 Å². The van der Waals surface area contributed by atoms with E-state index < -0.39 is 0 Å². The molecule has 2 amide bonds. The Morgan fingerprint density at radius 3 is 2.40 bits per heavy atom. The molecule has 0 bridgehead atoms. The zero-order valence-electron chi connectivity index (χ0n) is 12.0. The summed E-state index contributed by atoms with van der Waals surface area (Å²) in [4.78, 5) is 26.7. The highest BCUT2D eigenvalue weighted by Crippen LogP contribution is 2.30. The number of nitrogens with one attached hydrogen (secondary N) is 1. The summed E-state index contributed by atoms with van der Waals surface area (Å²) in [5.41, 5.74) is 0. The molecular formula is C15H24N2O2S.